The molecule has 1 amide bonds. The number of methoxy groups -OCH3 is 3. The fourth-order valence-corrected chi connectivity index (χ4v) is 3.48. The van der Waals surface area contributed by atoms with Gasteiger partial charge < -0.3 is 19.5 Å². The van der Waals surface area contributed by atoms with Gasteiger partial charge in [0, 0.05) is 23.4 Å². The third kappa shape index (κ3) is 4.25. The van der Waals surface area contributed by atoms with Crippen molar-refractivity contribution >= 4 is 5.91 Å². The molecule has 0 saturated carbocycles. The van der Waals surface area contributed by atoms with Crippen LogP contribution in [0.25, 0.3) is 5.69 Å². The summed E-state index contributed by atoms with van der Waals surface area (Å²) in [4.78, 5) is 12.6. The molecule has 1 aromatic heterocycles. The minimum absolute atomic E-state index is 0.119. The van der Waals surface area contributed by atoms with E-state index in [9.17, 15) is 4.79 Å². The van der Waals surface area contributed by atoms with Crippen LogP contribution in [0.4, 0.5) is 0 Å². The van der Waals surface area contributed by atoms with Gasteiger partial charge in [0.2, 0.25) is 11.7 Å². The topological polar surface area (TPSA) is 74.6 Å². The second-order valence-corrected chi connectivity index (χ2v) is 6.84. The first-order valence-electron chi connectivity index (χ1n) is 9.65. The number of hydrogen-bond acceptors (Lipinski definition) is 5. The lowest BCUT2D eigenvalue weighted by atomic mass is 10.1. The van der Waals surface area contributed by atoms with E-state index in [1.807, 2.05) is 54.9 Å². The Balaban J connectivity index is 1.74. The van der Waals surface area contributed by atoms with Crippen LogP contribution in [-0.2, 0) is 17.8 Å². The highest BCUT2D eigenvalue weighted by molar-refractivity contribution is 5.80. The van der Waals surface area contributed by atoms with Crippen LogP contribution < -0.4 is 19.5 Å². The molecular weight excluding hydrogens is 382 g/mol. The van der Waals surface area contributed by atoms with Gasteiger partial charge in [-0.1, -0.05) is 24.3 Å². The molecule has 7 nitrogen and oxygen atoms in total. The first-order valence-corrected chi connectivity index (χ1v) is 9.65. The zero-order valence-electron chi connectivity index (χ0n) is 18.0. The van der Waals surface area contributed by atoms with Gasteiger partial charge in [0.15, 0.2) is 11.5 Å². The minimum atomic E-state index is -0.119. The van der Waals surface area contributed by atoms with E-state index < -0.39 is 0 Å². The van der Waals surface area contributed by atoms with E-state index in [2.05, 4.69) is 10.4 Å². The maximum Gasteiger partial charge on any atom is 0.224 e. The second-order valence-electron chi connectivity index (χ2n) is 6.84. The van der Waals surface area contributed by atoms with Gasteiger partial charge in [-0.15, -0.1) is 0 Å². The third-order valence-corrected chi connectivity index (χ3v) is 5.04. The van der Waals surface area contributed by atoms with Crippen molar-refractivity contribution in [2.45, 2.75) is 26.8 Å². The quantitative estimate of drug-likeness (QED) is 0.617. The second kappa shape index (κ2) is 9.35. The number of carbonyl (C=O) groups is 1. The summed E-state index contributed by atoms with van der Waals surface area (Å²) >= 11 is 0. The van der Waals surface area contributed by atoms with Crippen molar-refractivity contribution in [2.75, 3.05) is 21.3 Å². The van der Waals surface area contributed by atoms with Crippen molar-refractivity contribution in [3.63, 3.8) is 0 Å². The number of aromatic nitrogens is 2. The van der Waals surface area contributed by atoms with Gasteiger partial charge in [0.1, 0.15) is 0 Å². The molecule has 3 rings (SSSR count). The number of rotatable bonds is 8. The van der Waals surface area contributed by atoms with Crippen LogP contribution in [0, 0.1) is 13.8 Å². The molecule has 0 aliphatic heterocycles. The fourth-order valence-electron chi connectivity index (χ4n) is 3.48. The van der Waals surface area contributed by atoms with E-state index in [0.29, 0.717) is 23.8 Å². The van der Waals surface area contributed by atoms with Gasteiger partial charge in [-0.3, -0.25) is 4.79 Å². The number of amides is 1. The van der Waals surface area contributed by atoms with Gasteiger partial charge >= 0.3 is 0 Å². The molecule has 7 heteroatoms. The summed E-state index contributed by atoms with van der Waals surface area (Å²) in [5, 5.41) is 7.62. The molecule has 0 spiro atoms. The van der Waals surface area contributed by atoms with E-state index in [-0.39, 0.29) is 12.3 Å². The highest BCUT2D eigenvalue weighted by atomic mass is 16.5. The average Bonchev–Trinajstić information content (AvgIpc) is 3.05. The largest absolute Gasteiger partial charge is 0.493 e. The van der Waals surface area contributed by atoms with Crippen LogP contribution in [-0.4, -0.2) is 37.0 Å². The van der Waals surface area contributed by atoms with Crippen molar-refractivity contribution in [3.8, 4) is 22.9 Å². The fraction of sp³-hybridized carbons (Fsp3) is 0.304. The number of aryl methyl sites for hydroxylation is 1. The molecule has 1 heterocycles. The number of nitrogens with zero attached hydrogens (tertiary/aromatic N) is 2. The number of nitrogens with one attached hydrogen (secondary N) is 1. The van der Waals surface area contributed by atoms with Crippen LogP contribution in [0.2, 0.25) is 0 Å². The van der Waals surface area contributed by atoms with Crippen molar-refractivity contribution in [1.29, 1.82) is 0 Å². The first-order chi connectivity index (χ1) is 14.5. The molecule has 0 fully saturated rings. The standard InChI is InChI=1S/C23H27N3O4/c1-15-19(16(2)26(25-15)18-9-7-6-8-10-18)14-24-21(27)13-17-11-12-20(28-3)23(30-5)22(17)29-4/h6-12H,13-14H2,1-5H3,(H,24,27). The highest BCUT2D eigenvalue weighted by Gasteiger charge is 2.19. The van der Waals surface area contributed by atoms with Gasteiger partial charge in [0.05, 0.1) is 39.1 Å². The van der Waals surface area contributed by atoms with Crippen LogP contribution >= 0.6 is 0 Å². The number of hydrogen-bond donors (Lipinski definition) is 1. The van der Waals surface area contributed by atoms with Gasteiger partial charge in [-0.25, -0.2) is 4.68 Å². The Morgan fingerprint density at radius 2 is 1.67 bits per heavy atom. The number of carbonyl (C=O) groups excluding carboxylic acids is 1. The molecule has 0 aliphatic carbocycles. The summed E-state index contributed by atoms with van der Waals surface area (Å²) in [6.45, 7) is 4.36. The SMILES string of the molecule is COc1ccc(CC(=O)NCc2c(C)nn(-c3ccccc3)c2C)c(OC)c1OC. The van der Waals surface area contributed by atoms with E-state index in [1.165, 1.54) is 0 Å². The van der Waals surface area contributed by atoms with Crippen LogP contribution in [0.5, 0.6) is 17.2 Å². The summed E-state index contributed by atoms with van der Waals surface area (Å²) in [6.07, 6.45) is 0.161. The van der Waals surface area contributed by atoms with Gasteiger partial charge in [-0.2, -0.15) is 5.10 Å². The Morgan fingerprint density at radius 1 is 0.967 bits per heavy atom. The molecule has 0 unspecified atom stereocenters. The summed E-state index contributed by atoms with van der Waals surface area (Å²) in [7, 11) is 4.65. The predicted molar refractivity (Wildman–Crippen MR) is 115 cm³/mol. The minimum Gasteiger partial charge on any atom is -0.493 e. The molecule has 30 heavy (non-hydrogen) atoms. The Morgan fingerprint density at radius 3 is 2.30 bits per heavy atom. The van der Waals surface area contributed by atoms with Crippen molar-refractivity contribution in [2.24, 2.45) is 0 Å². The van der Waals surface area contributed by atoms with Crippen molar-refractivity contribution in [3.05, 3.63) is 65.0 Å². The van der Waals surface area contributed by atoms with Gasteiger partial charge in [-0.05, 0) is 32.0 Å². The summed E-state index contributed by atoms with van der Waals surface area (Å²) in [5.74, 6) is 1.40. The molecule has 0 bridgehead atoms. The summed E-state index contributed by atoms with van der Waals surface area (Å²) < 4.78 is 18.1. The average molecular weight is 409 g/mol. The monoisotopic (exact) mass is 409 g/mol. The number of ether oxygens (including phenoxy) is 3. The smallest absolute Gasteiger partial charge is 0.224 e. The van der Waals surface area contributed by atoms with Crippen molar-refractivity contribution < 1.29 is 19.0 Å². The molecule has 0 atom stereocenters. The molecule has 3 aromatic rings. The van der Waals surface area contributed by atoms with Crippen LogP contribution in [0.1, 0.15) is 22.5 Å². The summed E-state index contributed by atoms with van der Waals surface area (Å²) in [5.41, 5.74) is 4.61. The van der Waals surface area contributed by atoms with E-state index in [1.54, 1.807) is 27.4 Å². The zero-order chi connectivity index (χ0) is 21.7. The predicted octanol–water partition coefficient (Wildman–Crippen LogP) is 3.37. The Kier molecular flexibility index (Phi) is 6.61. The van der Waals surface area contributed by atoms with Crippen LogP contribution in [0.3, 0.4) is 0 Å². The summed E-state index contributed by atoms with van der Waals surface area (Å²) in [6, 6.07) is 13.5. The lowest BCUT2D eigenvalue weighted by Crippen LogP contribution is -2.25. The zero-order valence-corrected chi connectivity index (χ0v) is 18.0. The molecule has 2 aromatic carbocycles. The molecule has 0 aliphatic rings. The molecule has 1 N–H and O–H groups in total. The lowest BCUT2D eigenvalue weighted by Gasteiger charge is -2.15. The normalized spacial score (nSPS) is 10.6. The molecule has 158 valence electrons. The van der Waals surface area contributed by atoms with Crippen molar-refractivity contribution in [1.82, 2.24) is 15.1 Å². The van der Waals surface area contributed by atoms with E-state index in [4.69, 9.17) is 14.2 Å². The first kappa shape index (κ1) is 21.2. The number of para-hydroxylation sites is 1. The maximum atomic E-state index is 12.6. The van der Waals surface area contributed by atoms with Crippen LogP contribution in [0.15, 0.2) is 42.5 Å². The third-order valence-electron chi connectivity index (χ3n) is 5.04. The molecule has 0 radical (unpaired) electrons. The Hall–Kier alpha value is -3.48. The van der Waals surface area contributed by atoms with E-state index in [0.717, 1.165) is 28.2 Å². The molecule has 0 saturated heterocycles. The highest BCUT2D eigenvalue weighted by Crippen LogP contribution is 2.39. The maximum absolute atomic E-state index is 12.6. The molecular formula is C23H27N3O4. The number of benzene rings is 2. The Labute approximate surface area is 176 Å². The lowest BCUT2D eigenvalue weighted by molar-refractivity contribution is -0.120. The Bertz CT molecular complexity index is 1030. The van der Waals surface area contributed by atoms with Gasteiger partial charge in [0.25, 0.3) is 0 Å². The van der Waals surface area contributed by atoms with E-state index >= 15 is 0 Å².